The van der Waals surface area contributed by atoms with Crippen molar-refractivity contribution in [3.05, 3.63) is 90.4 Å². The number of furan rings is 1. The molecular weight excluding hydrogens is 717 g/mol. The van der Waals surface area contributed by atoms with Crippen molar-refractivity contribution in [2.24, 2.45) is 0 Å². The third-order valence-electron chi connectivity index (χ3n) is 10.7. The van der Waals surface area contributed by atoms with Gasteiger partial charge < -0.3 is 29.6 Å². The van der Waals surface area contributed by atoms with E-state index in [4.69, 9.17) is 19.1 Å². The minimum atomic E-state index is -3.66. The number of methoxy groups -OCH3 is 1. The molecule has 55 heavy (non-hydrogen) atoms. The highest BCUT2D eigenvalue weighted by Gasteiger charge is 2.29. The Labute approximate surface area is 321 Å². The summed E-state index contributed by atoms with van der Waals surface area (Å²) in [5.74, 6) is 1.32. The van der Waals surface area contributed by atoms with Crippen molar-refractivity contribution in [1.29, 1.82) is 0 Å². The lowest BCUT2D eigenvalue weighted by Gasteiger charge is -2.43. The quantitative estimate of drug-likeness (QED) is 0.163. The molecule has 3 aromatic carbocycles. The number of nitrogens with zero attached hydrogens (tertiary/aromatic N) is 8. The third-order valence-corrected chi connectivity index (χ3v) is 11.9. The Morgan fingerprint density at radius 1 is 0.891 bits per heavy atom. The molecule has 15 heteroatoms. The molecule has 14 nitrogen and oxygen atoms in total. The summed E-state index contributed by atoms with van der Waals surface area (Å²) in [7, 11) is 1.70. The van der Waals surface area contributed by atoms with Crippen molar-refractivity contribution in [1.82, 2.24) is 29.7 Å². The van der Waals surface area contributed by atoms with Crippen LogP contribution >= 0.6 is 0 Å². The molecule has 0 atom stereocenters. The van der Waals surface area contributed by atoms with Gasteiger partial charge in [-0.25, -0.2) is 13.4 Å². The molecule has 2 saturated heterocycles. The maximum Gasteiger partial charge on any atom is 0.232 e. The number of benzene rings is 3. The van der Waals surface area contributed by atoms with Crippen molar-refractivity contribution in [2.45, 2.75) is 25.3 Å². The Bertz CT molecular complexity index is 2410. The number of hydrogen-bond acceptors (Lipinski definition) is 13. The van der Waals surface area contributed by atoms with E-state index in [2.05, 4.69) is 78.7 Å². The number of fused-ring (bicyclic) bond motifs is 2. The van der Waals surface area contributed by atoms with Crippen LogP contribution in [0.3, 0.4) is 0 Å². The van der Waals surface area contributed by atoms with E-state index in [1.54, 1.807) is 37.8 Å². The summed E-state index contributed by atoms with van der Waals surface area (Å²) in [6.45, 7) is 6.47. The standard InChI is InChI=1S/C40H46N10O4S/c1-47-19-21-49(22-20-47)29-12-17-50(18-13-29)34-26-35(53-3)33(25-28(34)24-27-8-6-5-7-9-27)45-40-44-32-14-23-54-38(32)39(46-40)43-31-11-10-30-36(42-16-15-41-30)37(31)48(2)55(4,51)52/h5-11,14-16,23,25-26,29H,12-13,17-22,24H2,1-4H3,(H2,43,44,45,46). The maximum atomic E-state index is 12.8. The molecule has 2 N–H and O–H groups in total. The van der Waals surface area contributed by atoms with Crippen LogP contribution in [0.15, 0.2) is 83.7 Å². The first-order chi connectivity index (χ1) is 26.6. The maximum absolute atomic E-state index is 12.8. The zero-order valence-electron chi connectivity index (χ0n) is 31.6. The van der Waals surface area contributed by atoms with E-state index < -0.39 is 10.0 Å². The number of piperazine rings is 1. The molecule has 0 radical (unpaired) electrons. The van der Waals surface area contributed by atoms with Crippen molar-refractivity contribution >= 4 is 66.7 Å². The van der Waals surface area contributed by atoms with Crippen LogP contribution in [0.5, 0.6) is 5.75 Å². The number of ether oxygens (including phenoxy) is 1. The average molecular weight is 763 g/mol. The average Bonchev–Trinajstić information content (AvgIpc) is 3.67. The molecular formula is C40H46N10O4S. The molecule has 0 saturated carbocycles. The number of piperidine rings is 1. The van der Waals surface area contributed by atoms with Crippen LogP contribution in [0.4, 0.5) is 34.5 Å². The lowest BCUT2D eigenvalue weighted by atomic mass is 9.97. The molecule has 0 aliphatic carbocycles. The fourth-order valence-electron chi connectivity index (χ4n) is 7.65. The van der Waals surface area contributed by atoms with Gasteiger partial charge in [-0.15, -0.1) is 0 Å². The van der Waals surface area contributed by atoms with Gasteiger partial charge in [0, 0.05) is 82.6 Å². The van der Waals surface area contributed by atoms with E-state index in [1.807, 2.05) is 6.07 Å². The minimum absolute atomic E-state index is 0.305. The van der Waals surface area contributed by atoms with Crippen molar-refractivity contribution < 1.29 is 17.6 Å². The summed E-state index contributed by atoms with van der Waals surface area (Å²) >= 11 is 0. The van der Waals surface area contributed by atoms with Gasteiger partial charge in [-0.3, -0.25) is 19.2 Å². The Kier molecular flexibility index (Phi) is 10.2. The van der Waals surface area contributed by atoms with Gasteiger partial charge in [0.1, 0.15) is 22.5 Å². The number of sulfonamides is 1. The van der Waals surface area contributed by atoms with E-state index in [9.17, 15) is 8.42 Å². The second-order valence-corrected chi connectivity index (χ2v) is 16.3. The number of anilines is 6. The summed E-state index contributed by atoms with van der Waals surface area (Å²) in [5.41, 5.74) is 6.98. The van der Waals surface area contributed by atoms with Gasteiger partial charge in [-0.05, 0) is 55.6 Å². The predicted octanol–water partition coefficient (Wildman–Crippen LogP) is 5.86. The van der Waals surface area contributed by atoms with Crippen LogP contribution in [0.2, 0.25) is 0 Å². The fraction of sp³-hybridized carbons (Fsp3) is 0.350. The largest absolute Gasteiger partial charge is 0.494 e. The summed E-state index contributed by atoms with van der Waals surface area (Å²) in [4.78, 5) is 26.1. The zero-order chi connectivity index (χ0) is 38.1. The van der Waals surface area contributed by atoms with Gasteiger partial charge in [0.05, 0.1) is 36.5 Å². The van der Waals surface area contributed by atoms with E-state index in [0.29, 0.717) is 57.1 Å². The van der Waals surface area contributed by atoms with Crippen molar-refractivity contribution in [2.75, 3.05) is 86.6 Å². The molecule has 2 aliphatic rings. The summed E-state index contributed by atoms with van der Waals surface area (Å²) in [5, 5.41) is 6.77. The van der Waals surface area contributed by atoms with E-state index >= 15 is 0 Å². The summed E-state index contributed by atoms with van der Waals surface area (Å²) < 4.78 is 38.7. The molecule has 2 aliphatic heterocycles. The second kappa shape index (κ2) is 15.3. The Balaban J connectivity index is 1.13. The second-order valence-electron chi connectivity index (χ2n) is 14.3. The number of aromatic nitrogens is 4. The number of rotatable bonds is 11. The molecule has 0 amide bonds. The van der Waals surface area contributed by atoms with Crippen LogP contribution in [0.25, 0.3) is 22.1 Å². The highest BCUT2D eigenvalue weighted by atomic mass is 32.2. The normalized spacial score (nSPS) is 16.1. The molecule has 2 fully saturated rings. The molecule has 0 unspecified atom stereocenters. The van der Waals surface area contributed by atoms with Crippen molar-refractivity contribution in [3.8, 4) is 5.75 Å². The minimum Gasteiger partial charge on any atom is -0.494 e. The first kappa shape index (κ1) is 36.5. The van der Waals surface area contributed by atoms with Gasteiger partial charge in [0.15, 0.2) is 11.4 Å². The van der Waals surface area contributed by atoms with E-state index in [-0.39, 0.29) is 0 Å². The van der Waals surface area contributed by atoms with Gasteiger partial charge in [0.25, 0.3) is 0 Å². The van der Waals surface area contributed by atoms with Gasteiger partial charge >= 0.3 is 0 Å². The first-order valence-corrected chi connectivity index (χ1v) is 20.4. The van der Waals surface area contributed by atoms with Crippen LogP contribution in [0, 0.1) is 0 Å². The number of likely N-dealkylation sites (N-methyl/N-ethyl adjacent to an activating group) is 1. The van der Waals surface area contributed by atoms with Crippen LogP contribution in [0.1, 0.15) is 24.0 Å². The SMILES string of the molecule is COc1cc(N2CCC(N3CCN(C)CC3)CC2)c(Cc2ccccc2)cc1Nc1nc(Nc2ccc3nccnc3c2N(C)S(C)(=O)=O)c2occc2n1. The Morgan fingerprint density at radius 2 is 1.65 bits per heavy atom. The molecule has 5 heterocycles. The van der Waals surface area contributed by atoms with Gasteiger partial charge in [-0.2, -0.15) is 4.98 Å². The van der Waals surface area contributed by atoms with Gasteiger partial charge in [0.2, 0.25) is 16.0 Å². The van der Waals surface area contributed by atoms with Crippen LogP contribution in [-0.2, 0) is 16.4 Å². The Hall–Kier alpha value is -5.51. The molecule has 0 spiro atoms. The predicted molar refractivity (Wildman–Crippen MR) is 218 cm³/mol. The fourth-order valence-corrected chi connectivity index (χ4v) is 8.17. The highest BCUT2D eigenvalue weighted by molar-refractivity contribution is 7.92. The molecule has 286 valence electrons. The Morgan fingerprint density at radius 3 is 2.40 bits per heavy atom. The molecule has 8 rings (SSSR count). The van der Waals surface area contributed by atoms with Crippen molar-refractivity contribution in [3.63, 3.8) is 0 Å². The topological polar surface area (TPSA) is 145 Å². The number of hydrogen-bond donors (Lipinski definition) is 2. The van der Waals surface area contributed by atoms with Crippen LogP contribution in [-0.4, -0.2) is 111 Å². The van der Waals surface area contributed by atoms with Crippen LogP contribution < -0.4 is 24.6 Å². The first-order valence-electron chi connectivity index (χ1n) is 18.5. The lowest BCUT2D eigenvalue weighted by Crippen LogP contribution is -2.52. The molecule has 6 aromatic rings. The van der Waals surface area contributed by atoms with Gasteiger partial charge in [-0.1, -0.05) is 30.3 Å². The van der Waals surface area contributed by atoms with E-state index in [0.717, 1.165) is 70.5 Å². The monoisotopic (exact) mass is 762 g/mol. The molecule has 3 aromatic heterocycles. The third kappa shape index (κ3) is 7.72. The smallest absolute Gasteiger partial charge is 0.232 e. The number of nitrogens with one attached hydrogen (secondary N) is 2. The molecule has 0 bridgehead atoms. The highest BCUT2D eigenvalue weighted by Crippen LogP contribution is 2.40. The lowest BCUT2D eigenvalue weighted by molar-refractivity contribution is 0.0982. The summed E-state index contributed by atoms with van der Waals surface area (Å²) in [6, 6.07) is 20.7. The van der Waals surface area contributed by atoms with E-state index in [1.165, 1.54) is 34.4 Å². The summed E-state index contributed by atoms with van der Waals surface area (Å²) in [6.07, 6.45) is 8.77. The zero-order valence-corrected chi connectivity index (χ0v) is 32.4.